The SMILES string of the molecule is CN1C(=O)C2(CCC2)c2c1cnc1ccc(-c3cnc(N4CCC(N(C)C)CC4)c(NS(=O)(=O)C4CC4)c3)cc21. The minimum absolute atomic E-state index is 0.161. The number of benzene rings is 1. The summed E-state index contributed by atoms with van der Waals surface area (Å²) in [5.41, 5.74) is 4.68. The highest BCUT2D eigenvalue weighted by molar-refractivity contribution is 7.93. The zero-order valence-electron chi connectivity index (χ0n) is 23.4. The number of anilines is 3. The number of pyridine rings is 2. The fraction of sp³-hybridized carbons (Fsp3) is 0.500. The molecule has 0 bridgehead atoms. The van der Waals surface area contributed by atoms with Gasteiger partial charge in [-0.05, 0) is 76.4 Å². The van der Waals surface area contributed by atoms with Crippen LogP contribution in [0.4, 0.5) is 17.2 Å². The Morgan fingerprint density at radius 3 is 2.40 bits per heavy atom. The maximum Gasteiger partial charge on any atom is 0.237 e. The normalized spacial score (nSPS) is 20.9. The number of nitrogens with zero attached hydrogens (tertiary/aromatic N) is 5. The minimum Gasteiger partial charge on any atom is -0.355 e. The monoisotopic (exact) mass is 560 g/mol. The van der Waals surface area contributed by atoms with Crippen molar-refractivity contribution in [3.63, 3.8) is 0 Å². The van der Waals surface area contributed by atoms with Gasteiger partial charge in [-0.25, -0.2) is 13.4 Å². The average molecular weight is 561 g/mol. The number of fused-ring (bicyclic) bond motifs is 4. The van der Waals surface area contributed by atoms with Crippen molar-refractivity contribution in [3.8, 4) is 11.1 Å². The third-order valence-corrected chi connectivity index (χ3v) is 11.4. The van der Waals surface area contributed by atoms with Crippen LogP contribution in [0.1, 0.15) is 50.5 Å². The molecule has 1 saturated heterocycles. The molecular formula is C30H36N6O3S. The molecule has 1 amide bonds. The van der Waals surface area contributed by atoms with Crippen molar-refractivity contribution >= 4 is 44.0 Å². The number of carbonyl (C=O) groups excluding carboxylic acids is 1. The quantitative estimate of drug-likeness (QED) is 0.484. The van der Waals surface area contributed by atoms with Crippen molar-refractivity contribution in [1.29, 1.82) is 0 Å². The molecule has 9 nitrogen and oxygen atoms in total. The second-order valence-electron chi connectivity index (χ2n) is 12.2. The maximum atomic E-state index is 13.3. The first-order chi connectivity index (χ1) is 19.2. The number of rotatable bonds is 6. The summed E-state index contributed by atoms with van der Waals surface area (Å²) in [6, 6.07) is 8.54. The van der Waals surface area contributed by atoms with E-state index in [1.807, 2.05) is 37.6 Å². The van der Waals surface area contributed by atoms with E-state index in [0.717, 1.165) is 78.5 Å². The van der Waals surface area contributed by atoms with E-state index in [-0.39, 0.29) is 11.2 Å². The molecule has 0 unspecified atom stereocenters. The van der Waals surface area contributed by atoms with Gasteiger partial charge in [-0.3, -0.25) is 14.5 Å². The first kappa shape index (κ1) is 25.7. The van der Waals surface area contributed by atoms with Gasteiger partial charge in [0.1, 0.15) is 0 Å². The molecule has 0 radical (unpaired) electrons. The molecule has 1 aromatic carbocycles. The van der Waals surface area contributed by atoms with Crippen LogP contribution in [0.5, 0.6) is 0 Å². The van der Waals surface area contributed by atoms with Crippen molar-refractivity contribution in [2.75, 3.05) is 48.8 Å². The highest BCUT2D eigenvalue weighted by Crippen LogP contribution is 2.55. The number of amides is 1. The zero-order chi connectivity index (χ0) is 27.8. The summed E-state index contributed by atoms with van der Waals surface area (Å²) < 4.78 is 29.0. The van der Waals surface area contributed by atoms with Crippen molar-refractivity contribution in [2.24, 2.45) is 0 Å². The van der Waals surface area contributed by atoms with E-state index >= 15 is 0 Å². The molecule has 4 heterocycles. The lowest BCUT2D eigenvalue weighted by atomic mass is 9.64. The molecule has 2 aliphatic heterocycles. The lowest BCUT2D eigenvalue weighted by Crippen LogP contribution is -2.43. The van der Waals surface area contributed by atoms with Gasteiger partial charge in [-0.15, -0.1) is 0 Å². The second kappa shape index (κ2) is 9.14. The number of piperidine rings is 1. The standard InChI is InChI=1S/C30H36N6O3S/c1-34(2)21-9-13-36(14-10-21)28-25(33-40(38,39)22-6-7-22)16-20(17-32-28)19-5-8-24-23(15-19)27-26(18-31-24)35(3)29(37)30(27)11-4-12-30/h5,8,15-18,21-22,33H,4,6-7,9-14H2,1-3H3. The smallest absolute Gasteiger partial charge is 0.237 e. The molecule has 2 aliphatic carbocycles. The molecule has 1 spiro atoms. The number of hydrogen-bond acceptors (Lipinski definition) is 7. The molecule has 4 aliphatic rings. The first-order valence-corrected chi connectivity index (χ1v) is 15.9. The predicted octanol–water partition coefficient (Wildman–Crippen LogP) is 4.13. The van der Waals surface area contributed by atoms with Crippen LogP contribution in [0.2, 0.25) is 0 Å². The van der Waals surface area contributed by atoms with Gasteiger partial charge in [0.2, 0.25) is 15.9 Å². The summed E-state index contributed by atoms with van der Waals surface area (Å²) in [4.78, 5) is 29.0. The van der Waals surface area contributed by atoms with E-state index in [2.05, 4.69) is 39.7 Å². The van der Waals surface area contributed by atoms with Crippen LogP contribution >= 0.6 is 0 Å². The van der Waals surface area contributed by atoms with E-state index in [1.165, 1.54) is 0 Å². The van der Waals surface area contributed by atoms with Gasteiger partial charge < -0.3 is 14.7 Å². The summed E-state index contributed by atoms with van der Waals surface area (Å²) in [6.07, 6.45) is 9.84. The number of sulfonamides is 1. The van der Waals surface area contributed by atoms with Crippen LogP contribution in [0.25, 0.3) is 22.0 Å². The van der Waals surface area contributed by atoms with Crippen molar-refractivity contribution in [2.45, 2.75) is 61.7 Å². The van der Waals surface area contributed by atoms with E-state index < -0.39 is 15.4 Å². The summed E-state index contributed by atoms with van der Waals surface area (Å²) in [6.45, 7) is 1.65. The Balaban J connectivity index is 1.30. The number of aromatic nitrogens is 2. The third-order valence-electron chi connectivity index (χ3n) is 9.52. The van der Waals surface area contributed by atoms with Crippen molar-refractivity contribution < 1.29 is 13.2 Å². The summed E-state index contributed by atoms with van der Waals surface area (Å²) in [7, 11) is 2.59. The van der Waals surface area contributed by atoms with Gasteiger partial charge >= 0.3 is 0 Å². The Hall–Kier alpha value is -3.24. The highest BCUT2D eigenvalue weighted by atomic mass is 32.2. The molecule has 7 rings (SSSR count). The fourth-order valence-corrected chi connectivity index (χ4v) is 8.18. The summed E-state index contributed by atoms with van der Waals surface area (Å²) in [5, 5.41) is 0.661. The number of hydrogen-bond donors (Lipinski definition) is 1. The predicted molar refractivity (Wildman–Crippen MR) is 158 cm³/mol. The van der Waals surface area contributed by atoms with Gasteiger partial charge in [0.15, 0.2) is 5.82 Å². The van der Waals surface area contributed by atoms with Crippen LogP contribution in [-0.4, -0.2) is 74.7 Å². The van der Waals surface area contributed by atoms with Crippen molar-refractivity contribution in [1.82, 2.24) is 14.9 Å². The van der Waals surface area contributed by atoms with Crippen molar-refractivity contribution in [3.05, 3.63) is 42.2 Å². The van der Waals surface area contributed by atoms with Crippen LogP contribution in [-0.2, 0) is 20.2 Å². The van der Waals surface area contributed by atoms with E-state index in [0.29, 0.717) is 30.4 Å². The lowest BCUT2D eigenvalue weighted by molar-refractivity contribution is -0.125. The van der Waals surface area contributed by atoms with Crippen LogP contribution in [0.3, 0.4) is 0 Å². The summed E-state index contributed by atoms with van der Waals surface area (Å²) in [5.74, 6) is 0.850. The molecule has 1 N–H and O–H groups in total. The third kappa shape index (κ3) is 3.98. The Morgan fingerprint density at radius 1 is 1.00 bits per heavy atom. The fourth-order valence-electron chi connectivity index (χ4n) is 6.80. The minimum atomic E-state index is -3.47. The van der Waals surface area contributed by atoms with Crippen LogP contribution in [0.15, 0.2) is 36.7 Å². The molecular weight excluding hydrogens is 524 g/mol. The lowest BCUT2D eigenvalue weighted by Gasteiger charge is -2.37. The Bertz CT molecular complexity index is 1620. The second-order valence-corrected chi connectivity index (χ2v) is 14.1. The maximum absolute atomic E-state index is 13.3. The summed E-state index contributed by atoms with van der Waals surface area (Å²) >= 11 is 0. The van der Waals surface area contributed by atoms with Gasteiger partial charge in [-0.1, -0.05) is 12.5 Å². The topological polar surface area (TPSA) is 98.7 Å². The Kier molecular flexibility index (Phi) is 5.87. The highest BCUT2D eigenvalue weighted by Gasteiger charge is 2.54. The molecule has 2 aromatic heterocycles. The zero-order valence-corrected chi connectivity index (χ0v) is 24.2. The van der Waals surface area contributed by atoms with E-state index in [4.69, 9.17) is 4.98 Å². The molecule has 3 aromatic rings. The average Bonchev–Trinajstić information content (AvgIpc) is 3.75. The van der Waals surface area contributed by atoms with Gasteiger partial charge in [0.05, 0.1) is 33.8 Å². The number of likely N-dealkylation sites (N-methyl/N-ethyl adjacent to an activating group) is 1. The van der Waals surface area contributed by atoms with E-state index in [9.17, 15) is 13.2 Å². The van der Waals surface area contributed by atoms with E-state index in [1.54, 1.807) is 4.90 Å². The number of nitrogens with one attached hydrogen (secondary N) is 1. The van der Waals surface area contributed by atoms with Crippen LogP contribution < -0.4 is 14.5 Å². The molecule has 3 fully saturated rings. The Labute approximate surface area is 235 Å². The van der Waals surface area contributed by atoms with Gasteiger partial charge in [-0.2, -0.15) is 0 Å². The largest absolute Gasteiger partial charge is 0.355 e. The molecule has 40 heavy (non-hydrogen) atoms. The van der Waals surface area contributed by atoms with Gasteiger partial charge in [0.25, 0.3) is 0 Å². The molecule has 10 heteroatoms. The molecule has 0 atom stereocenters. The molecule has 210 valence electrons. The first-order valence-electron chi connectivity index (χ1n) is 14.3. The van der Waals surface area contributed by atoms with Crippen LogP contribution in [0, 0.1) is 0 Å². The van der Waals surface area contributed by atoms with Gasteiger partial charge in [0, 0.05) is 48.9 Å². The molecule has 2 saturated carbocycles. The Morgan fingerprint density at radius 2 is 1.75 bits per heavy atom. The number of carbonyl (C=O) groups is 1.